The molecule has 1 heterocycles. The second-order valence-electron chi connectivity index (χ2n) is 4.74. The Hall–Kier alpha value is -1.75. The zero-order chi connectivity index (χ0) is 14.7. The van der Waals surface area contributed by atoms with E-state index in [1.54, 1.807) is 18.2 Å². The van der Waals surface area contributed by atoms with Crippen LogP contribution in [0.25, 0.3) is 0 Å². The fraction of sp³-hybridized carbons (Fsp3) is 0.429. The van der Waals surface area contributed by atoms with Crippen molar-refractivity contribution in [2.24, 2.45) is 0 Å². The highest BCUT2D eigenvalue weighted by atomic mass is 35.5. The Balaban J connectivity index is 2.30. The van der Waals surface area contributed by atoms with Crippen LogP contribution in [-0.4, -0.2) is 36.5 Å². The standard InChI is InChI=1S/C14H17ClN2O3/c1-20-14(19)11-7-2-3-8-17(11)13(18)9-5-4-6-10(16)12(9)15/h4-6,11H,2-3,7-8,16H2,1H3. The highest BCUT2D eigenvalue weighted by Gasteiger charge is 2.34. The molecule has 5 nitrogen and oxygen atoms in total. The van der Waals surface area contributed by atoms with Crippen molar-refractivity contribution in [1.82, 2.24) is 4.90 Å². The lowest BCUT2D eigenvalue weighted by Crippen LogP contribution is -2.48. The lowest BCUT2D eigenvalue weighted by Gasteiger charge is -2.34. The summed E-state index contributed by atoms with van der Waals surface area (Å²) < 4.78 is 4.77. The van der Waals surface area contributed by atoms with Gasteiger partial charge in [-0.05, 0) is 31.4 Å². The molecule has 0 aromatic heterocycles. The Morgan fingerprint density at radius 2 is 2.15 bits per heavy atom. The molecule has 1 amide bonds. The molecule has 1 aliphatic heterocycles. The molecule has 1 unspecified atom stereocenters. The minimum absolute atomic E-state index is 0.228. The molecule has 0 aliphatic carbocycles. The number of halogens is 1. The van der Waals surface area contributed by atoms with Crippen molar-refractivity contribution in [3.63, 3.8) is 0 Å². The van der Waals surface area contributed by atoms with E-state index in [-0.39, 0.29) is 10.9 Å². The maximum atomic E-state index is 12.6. The minimum Gasteiger partial charge on any atom is -0.467 e. The zero-order valence-corrected chi connectivity index (χ0v) is 12.0. The number of carbonyl (C=O) groups excluding carboxylic acids is 2. The molecular formula is C14H17ClN2O3. The van der Waals surface area contributed by atoms with Crippen LogP contribution in [0.15, 0.2) is 18.2 Å². The lowest BCUT2D eigenvalue weighted by molar-refractivity contribution is -0.147. The number of nitrogens with two attached hydrogens (primary N) is 1. The summed E-state index contributed by atoms with van der Waals surface area (Å²) in [4.78, 5) is 25.9. The predicted octanol–water partition coefficient (Wildman–Crippen LogP) is 2.09. The summed E-state index contributed by atoms with van der Waals surface area (Å²) in [7, 11) is 1.33. The number of nitrogen functional groups attached to an aromatic ring is 1. The molecule has 1 aromatic rings. The SMILES string of the molecule is COC(=O)C1CCCCN1C(=O)c1cccc(N)c1Cl. The van der Waals surface area contributed by atoms with Gasteiger partial charge in [-0.1, -0.05) is 17.7 Å². The minimum atomic E-state index is -0.543. The first-order chi connectivity index (χ1) is 9.56. The lowest BCUT2D eigenvalue weighted by atomic mass is 10.0. The normalized spacial score (nSPS) is 18.7. The number of methoxy groups -OCH3 is 1. The van der Waals surface area contributed by atoms with Crippen LogP contribution < -0.4 is 5.73 Å². The summed E-state index contributed by atoms with van der Waals surface area (Å²) in [6, 6.07) is 4.38. The third-order valence-electron chi connectivity index (χ3n) is 3.50. The van der Waals surface area contributed by atoms with E-state index < -0.39 is 12.0 Å². The molecule has 1 fully saturated rings. The average Bonchev–Trinajstić information content (AvgIpc) is 2.48. The zero-order valence-electron chi connectivity index (χ0n) is 11.3. The van der Waals surface area contributed by atoms with Gasteiger partial charge in [0.05, 0.1) is 23.4 Å². The van der Waals surface area contributed by atoms with Gasteiger partial charge in [0.15, 0.2) is 0 Å². The molecule has 1 aromatic carbocycles. The van der Waals surface area contributed by atoms with E-state index in [9.17, 15) is 9.59 Å². The van der Waals surface area contributed by atoms with Gasteiger partial charge in [-0.15, -0.1) is 0 Å². The van der Waals surface area contributed by atoms with Crippen LogP contribution in [0.4, 0.5) is 5.69 Å². The third-order valence-corrected chi connectivity index (χ3v) is 3.92. The first-order valence-corrected chi connectivity index (χ1v) is 6.87. The second-order valence-corrected chi connectivity index (χ2v) is 5.12. The van der Waals surface area contributed by atoms with Crippen molar-refractivity contribution in [3.8, 4) is 0 Å². The molecule has 2 rings (SSSR count). The molecular weight excluding hydrogens is 280 g/mol. The number of likely N-dealkylation sites (tertiary alicyclic amines) is 1. The van der Waals surface area contributed by atoms with E-state index in [0.717, 1.165) is 12.8 Å². The summed E-state index contributed by atoms with van der Waals surface area (Å²) in [6.45, 7) is 0.518. The van der Waals surface area contributed by atoms with E-state index in [1.807, 2.05) is 0 Å². The number of hydrogen-bond donors (Lipinski definition) is 1. The molecule has 1 atom stereocenters. The number of benzene rings is 1. The van der Waals surface area contributed by atoms with Gasteiger partial charge in [0.25, 0.3) is 5.91 Å². The summed E-state index contributed by atoms with van der Waals surface area (Å²) in [6.07, 6.45) is 2.37. The molecule has 108 valence electrons. The Kier molecular flexibility index (Phi) is 4.49. The molecule has 1 saturated heterocycles. The number of carbonyl (C=O) groups is 2. The van der Waals surface area contributed by atoms with Crippen molar-refractivity contribution < 1.29 is 14.3 Å². The molecule has 0 bridgehead atoms. The van der Waals surface area contributed by atoms with Crippen LogP contribution in [0.2, 0.25) is 5.02 Å². The fourth-order valence-corrected chi connectivity index (χ4v) is 2.63. The molecule has 0 radical (unpaired) electrons. The van der Waals surface area contributed by atoms with Crippen LogP contribution in [0.5, 0.6) is 0 Å². The van der Waals surface area contributed by atoms with Gasteiger partial charge in [0, 0.05) is 6.54 Å². The summed E-state index contributed by atoms with van der Waals surface area (Å²) >= 11 is 6.08. The molecule has 0 spiro atoms. The van der Waals surface area contributed by atoms with Gasteiger partial charge in [-0.3, -0.25) is 4.79 Å². The molecule has 20 heavy (non-hydrogen) atoms. The average molecular weight is 297 g/mol. The monoisotopic (exact) mass is 296 g/mol. The number of nitrogens with zero attached hydrogens (tertiary/aromatic N) is 1. The Bertz CT molecular complexity index is 533. The van der Waals surface area contributed by atoms with Gasteiger partial charge in [-0.25, -0.2) is 4.79 Å². The topological polar surface area (TPSA) is 72.6 Å². The van der Waals surface area contributed by atoms with E-state index in [2.05, 4.69) is 0 Å². The Labute approximate surface area is 122 Å². The van der Waals surface area contributed by atoms with Crippen LogP contribution in [0.1, 0.15) is 29.6 Å². The smallest absolute Gasteiger partial charge is 0.328 e. The number of ether oxygens (including phenoxy) is 1. The largest absolute Gasteiger partial charge is 0.467 e. The first-order valence-electron chi connectivity index (χ1n) is 6.49. The fourth-order valence-electron chi connectivity index (χ4n) is 2.43. The van der Waals surface area contributed by atoms with E-state index >= 15 is 0 Å². The third kappa shape index (κ3) is 2.72. The summed E-state index contributed by atoms with van der Waals surface area (Å²) in [5.74, 6) is -0.671. The molecule has 2 N–H and O–H groups in total. The number of amides is 1. The van der Waals surface area contributed by atoms with Gasteiger partial charge >= 0.3 is 5.97 Å². The van der Waals surface area contributed by atoms with Crippen molar-refractivity contribution >= 4 is 29.2 Å². The molecule has 6 heteroatoms. The summed E-state index contributed by atoms with van der Waals surface area (Å²) in [5.41, 5.74) is 6.39. The van der Waals surface area contributed by atoms with Gasteiger partial charge in [-0.2, -0.15) is 0 Å². The number of piperidine rings is 1. The maximum absolute atomic E-state index is 12.6. The number of rotatable bonds is 2. The number of anilines is 1. The number of hydrogen-bond acceptors (Lipinski definition) is 4. The number of esters is 1. The van der Waals surface area contributed by atoms with E-state index in [1.165, 1.54) is 12.0 Å². The van der Waals surface area contributed by atoms with Crippen molar-refractivity contribution in [2.45, 2.75) is 25.3 Å². The van der Waals surface area contributed by atoms with E-state index in [4.69, 9.17) is 22.1 Å². The quantitative estimate of drug-likeness (QED) is 0.670. The van der Waals surface area contributed by atoms with Crippen molar-refractivity contribution in [1.29, 1.82) is 0 Å². The van der Waals surface area contributed by atoms with Crippen LogP contribution in [-0.2, 0) is 9.53 Å². The molecule has 0 saturated carbocycles. The highest BCUT2D eigenvalue weighted by Crippen LogP contribution is 2.27. The Morgan fingerprint density at radius 1 is 1.40 bits per heavy atom. The molecule has 1 aliphatic rings. The van der Waals surface area contributed by atoms with E-state index in [0.29, 0.717) is 24.2 Å². The van der Waals surface area contributed by atoms with Crippen LogP contribution in [0, 0.1) is 0 Å². The first kappa shape index (κ1) is 14.7. The van der Waals surface area contributed by atoms with Crippen LogP contribution >= 0.6 is 11.6 Å². The van der Waals surface area contributed by atoms with Gasteiger partial charge in [0.2, 0.25) is 0 Å². The maximum Gasteiger partial charge on any atom is 0.328 e. The predicted molar refractivity (Wildman–Crippen MR) is 76.6 cm³/mol. The van der Waals surface area contributed by atoms with Crippen LogP contribution in [0.3, 0.4) is 0 Å². The van der Waals surface area contributed by atoms with Crippen molar-refractivity contribution in [3.05, 3.63) is 28.8 Å². The van der Waals surface area contributed by atoms with Crippen molar-refractivity contribution in [2.75, 3.05) is 19.4 Å². The van der Waals surface area contributed by atoms with Gasteiger partial charge < -0.3 is 15.4 Å². The van der Waals surface area contributed by atoms with Gasteiger partial charge in [0.1, 0.15) is 6.04 Å². The second kappa shape index (κ2) is 6.13. The summed E-state index contributed by atoms with van der Waals surface area (Å²) in [5, 5.41) is 0.228. The highest BCUT2D eigenvalue weighted by molar-refractivity contribution is 6.36. The Morgan fingerprint density at radius 3 is 2.85 bits per heavy atom.